The molecule has 1 aliphatic heterocycles. The molecule has 140 valence electrons. The van der Waals surface area contributed by atoms with Crippen LogP contribution < -0.4 is 0 Å². The minimum Gasteiger partial charge on any atom is -0.459 e. The molecule has 10 heteroatoms. The van der Waals surface area contributed by atoms with Gasteiger partial charge >= 0.3 is 5.97 Å². The number of rotatable bonds is 5. The Morgan fingerprint density at radius 3 is 2.68 bits per heavy atom. The zero-order valence-electron chi connectivity index (χ0n) is 14.0. The number of benzene rings is 2. The number of imide groups is 1. The minimum atomic E-state index is -1.01. The second-order valence-electron chi connectivity index (χ2n) is 5.73. The summed E-state index contributed by atoms with van der Waals surface area (Å²) in [5, 5.41) is 19.9. The number of carbonyl (C=O) groups excluding carboxylic acids is 3. The molecule has 0 N–H and O–H groups in total. The molecule has 2 aromatic carbocycles. The quantitative estimate of drug-likeness (QED) is 0.334. The molecule has 0 aliphatic carbocycles. The lowest BCUT2D eigenvalue weighted by Gasteiger charge is -2.13. The third-order valence-electron chi connectivity index (χ3n) is 4.02. The lowest BCUT2D eigenvalue weighted by molar-refractivity contribution is -0.385. The Balaban J connectivity index is 1.73. The van der Waals surface area contributed by atoms with Crippen molar-refractivity contribution in [3.63, 3.8) is 0 Å². The predicted molar refractivity (Wildman–Crippen MR) is 89.4 cm³/mol. The van der Waals surface area contributed by atoms with E-state index < -0.39 is 52.9 Å². The van der Waals surface area contributed by atoms with Crippen LogP contribution in [0.5, 0.6) is 0 Å². The first-order valence-corrected chi connectivity index (χ1v) is 7.81. The molecule has 0 radical (unpaired) electrons. The Morgan fingerprint density at radius 2 is 2.00 bits per heavy atom. The molecule has 0 spiro atoms. The van der Waals surface area contributed by atoms with Crippen molar-refractivity contribution in [2.45, 2.75) is 6.61 Å². The molecule has 0 saturated carbocycles. The third kappa shape index (κ3) is 3.28. The number of hydrogen-bond acceptors (Lipinski definition) is 7. The van der Waals surface area contributed by atoms with Crippen LogP contribution in [0.2, 0.25) is 0 Å². The van der Waals surface area contributed by atoms with E-state index in [1.807, 2.05) is 6.07 Å². The van der Waals surface area contributed by atoms with E-state index >= 15 is 0 Å². The molecule has 1 aliphatic rings. The van der Waals surface area contributed by atoms with Crippen LogP contribution in [0.3, 0.4) is 0 Å². The third-order valence-corrected chi connectivity index (χ3v) is 4.02. The van der Waals surface area contributed by atoms with E-state index in [2.05, 4.69) is 0 Å². The van der Waals surface area contributed by atoms with Crippen molar-refractivity contribution in [3.8, 4) is 6.07 Å². The first-order valence-electron chi connectivity index (χ1n) is 7.81. The first kappa shape index (κ1) is 18.7. The Hall–Kier alpha value is -4.13. The van der Waals surface area contributed by atoms with E-state index in [0.29, 0.717) is 4.90 Å². The minimum absolute atomic E-state index is 0.0506. The number of ether oxygens (including phenoxy) is 1. The molecular weight excluding hydrogens is 373 g/mol. The number of esters is 1. The molecule has 0 fully saturated rings. The molecule has 0 bridgehead atoms. The van der Waals surface area contributed by atoms with Crippen molar-refractivity contribution in [1.29, 1.82) is 5.26 Å². The van der Waals surface area contributed by atoms with E-state index in [4.69, 9.17) is 10.00 Å². The number of fused-ring (bicyclic) bond motifs is 1. The molecule has 0 unspecified atom stereocenters. The number of amides is 2. The summed E-state index contributed by atoms with van der Waals surface area (Å²) in [5.74, 6) is -3.55. The van der Waals surface area contributed by atoms with Crippen LogP contribution in [-0.4, -0.2) is 34.2 Å². The van der Waals surface area contributed by atoms with Gasteiger partial charge in [0.2, 0.25) is 0 Å². The standard InChI is InChI=1S/C18H10FN3O6/c19-13-5-4-10(7-20)6-11(13)9-28-15(23)8-21-17(24)12-2-1-3-14(22(26)27)16(12)18(21)25/h1-6H,8-9H2. The highest BCUT2D eigenvalue weighted by Gasteiger charge is 2.41. The van der Waals surface area contributed by atoms with Gasteiger partial charge in [0.1, 0.15) is 24.5 Å². The smallest absolute Gasteiger partial charge is 0.326 e. The number of nitro groups is 1. The summed E-state index contributed by atoms with van der Waals surface area (Å²) >= 11 is 0. The van der Waals surface area contributed by atoms with Gasteiger partial charge in [0.15, 0.2) is 0 Å². The van der Waals surface area contributed by atoms with Crippen LogP contribution in [0, 0.1) is 27.3 Å². The number of halogens is 1. The zero-order valence-corrected chi connectivity index (χ0v) is 14.0. The molecule has 2 amide bonds. The second kappa shape index (κ2) is 7.24. The van der Waals surface area contributed by atoms with Crippen LogP contribution in [0.15, 0.2) is 36.4 Å². The highest BCUT2D eigenvalue weighted by molar-refractivity contribution is 6.24. The summed E-state index contributed by atoms with van der Waals surface area (Å²) in [6.07, 6.45) is 0. The van der Waals surface area contributed by atoms with Crippen molar-refractivity contribution >= 4 is 23.5 Å². The maximum absolute atomic E-state index is 13.7. The SMILES string of the molecule is N#Cc1ccc(F)c(COC(=O)CN2C(=O)c3cccc([N+](=O)[O-])c3C2=O)c1. The van der Waals surface area contributed by atoms with Gasteiger partial charge in [0.25, 0.3) is 17.5 Å². The van der Waals surface area contributed by atoms with Gasteiger partial charge in [-0.15, -0.1) is 0 Å². The van der Waals surface area contributed by atoms with E-state index in [1.54, 1.807) is 0 Å². The van der Waals surface area contributed by atoms with E-state index in [-0.39, 0.29) is 16.7 Å². The summed E-state index contributed by atoms with van der Waals surface area (Å²) in [7, 11) is 0. The number of nitro benzene ring substituents is 1. The summed E-state index contributed by atoms with van der Waals surface area (Å²) < 4.78 is 18.6. The lowest BCUT2D eigenvalue weighted by Crippen LogP contribution is -2.35. The number of nitriles is 1. The van der Waals surface area contributed by atoms with Gasteiger partial charge in [-0.2, -0.15) is 5.26 Å². The summed E-state index contributed by atoms with van der Waals surface area (Å²) in [5.41, 5.74) is -0.995. The van der Waals surface area contributed by atoms with Crippen LogP contribution in [0.25, 0.3) is 0 Å². The number of nitrogens with zero attached hydrogens (tertiary/aromatic N) is 3. The molecule has 1 heterocycles. The normalized spacial score (nSPS) is 12.5. The molecule has 0 atom stereocenters. The fourth-order valence-corrected chi connectivity index (χ4v) is 2.70. The maximum atomic E-state index is 13.7. The molecule has 28 heavy (non-hydrogen) atoms. The summed E-state index contributed by atoms with van der Waals surface area (Å²) in [6, 6.07) is 8.91. The largest absolute Gasteiger partial charge is 0.459 e. The predicted octanol–water partition coefficient (Wildman–Crippen LogP) is 1.94. The second-order valence-corrected chi connectivity index (χ2v) is 5.73. The summed E-state index contributed by atoms with van der Waals surface area (Å²) in [6.45, 7) is -1.30. The van der Waals surface area contributed by atoms with Crippen molar-refractivity contribution in [2.24, 2.45) is 0 Å². The average molecular weight is 383 g/mol. The molecular formula is C18H10FN3O6. The maximum Gasteiger partial charge on any atom is 0.326 e. The Bertz CT molecular complexity index is 1080. The number of carbonyl (C=O) groups is 3. The van der Waals surface area contributed by atoms with Crippen molar-refractivity contribution in [2.75, 3.05) is 6.54 Å². The summed E-state index contributed by atoms with van der Waals surface area (Å²) in [4.78, 5) is 47.5. The molecule has 2 aromatic rings. The first-order chi connectivity index (χ1) is 13.3. The monoisotopic (exact) mass is 383 g/mol. The Morgan fingerprint density at radius 1 is 1.25 bits per heavy atom. The van der Waals surface area contributed by atoms with Gasteiger partial charge in [0.05, 0.1) is 22.1 Å². The molecule has 0 saturated heterocycles. The fraction of sp³-hybridized carbons (Fsp3) is 0.111. The van der Waals surface area contributed by atoms with E-state index in [1.165, 1.54) is 24.3 Å². The van der Waals surface area contributed by atoms with Gasteiger partial charge in [-0.05, 0) is 24.3 Å². The van der Waals surface area contributed by atoms with Crippen LogP contribution in [0.1, 0.15) is 31.8 Å². The zero-order chi connectivity index (χ0) is 20.4. The highest BCUT2D eigenvalue weighted by atomic mass is 19.1. The van der Waals surface area contributed by atoms with Gasteiger partial charge in [-0.25, -0.2) is 4.39 Å². The van der Waals surface area contributed by atoms with Gasteiger partial charge < -0.3 is 4.74 Å². The van der Waals surface area contributed by atoms with Gasteiger partial charge in [-0.3, -0.25) is 29.4 Å². The van der Waals surface area contributed by atoms with Crippen molar-refractivity contribution in [1.82, 2.24) is 4.90 Å². The van der Waals surface area contributed by atoms with Crippen LogP contribution in [0.4, 0.5) is 10.1 Å². The van der Waals surface area contributed by atoms with Gasteiger partial charge in [0, 0.05) is 11.6 Å². The molecule has 0 aromatic heterocycles. The topological polar surface area (TPSA) is 131 Å². The Kier molecular flexibility index (Phi) is 4.82. The van der Waals surface area contributed by atoms with Crippen molar-refractivity contribution in [3.05, 3.63) is 74.6 Å². The van der Waals surface area contributed by atoms with E-state index in [0.717, 1.165) is 12.1 Å². The highest BCUT2D eigenvalue weighted by Crippen LogP contribution is 2.30. The average Bonchev–Trinajstić information content (AvgIpc) is 2.92. The van der Waals surface area contributed by atoms with E-state index in [9.17, 15) is 28.9 Å². The van der Waals surface area contributed by atoms with Crippen molar-refractivity contribution < 1.29 is 28.4 Å². The fourth-order valence-electron chi connectivity index (χ4n) is 2.70. The molecule has 3 rings (SSSR count). The van der Waals surface area contributed by atoms with Crippen LogP contribution >= 0.6 is 0 Å². The Labute approximate surface area is 156 Å². The van der Waals surface area contributed by atoms with Crippen LogP contribution in [-0.2, 0) is 16.1 Å². The molecule has 9 nitrogen and oxygen atoms in total. The number of hydrogen-bond donors (Lipinski definition) is 0. The van der Waals surface area contributed by atoms with Gasteiger partial charge in [-0.1, -0.05) is 6.07 Å². The lowest BCUT2D eigenvalue weighted by atomic mass is 10.1.